The summed E-state index contributed by atoms with van der Waals surface area (Å²) in [7, 11) is 0. The molecule has 2 aromatic rings. The molecule has 0 saturated carbocycles. The molecule has 0 aliphatic heterocycles. The number of nitrogens with one attached hydrogen (secondary N) is 3. The summed E-state index contributed by atoms with van der Waals surface area (Å²) in [6, 6.07) is 17.1. The van der Waals surface area contributed by atoms with E-state index in [0.717, 1.165) is 11.1 Å². The van der Waals surface area contributed by atoms with Gasteiger partial charge < -0.3 is 5.32 Å². The highest BCUT2D eigenvalue weighted by Crippen LogP contribution is 2.15. The predicted molar refractivity (Wildman–Crippen MR) is 97.6 cm³/mol. The summed E-state index contributed by atoms with van der Waals surface area (Å²) in [5, 5.41) is 3.93. The third kappa shape index (κ3) is 6.10. The van der Waals surface area contributed by atoms with E-state index in [9.17, 15) is 4.79 Å². The lowest BCUT2D eigenvalue weighted by molar-refractivity contribution is -0.116. The highest BCUT2D eigenvalue weighted by molar-refractivity contribution is 7.80. The molecule has 23 heavy (non-hydrogen) atoms. The van der Waals surface area contributed by atoms with E-state index in [0.29, 0.717) is 16.7 Å². The molecule has 0 atom stereocenters. The Balaban J connectivity index is 1.73. The molecule has 0 heterocycles. The number of benzene rings is 2. The van der Waals surface area contributed by atoms with E-state index in [1.807, 2.05) is 48.5 Å². The summed E-state index contributed by atoms with van der Waals surface area (Å²) >= 11 is 11.1. The van der Waals surface area contributed by atoms with Gasteiger partial charge in [0.1, 0.15) is 0 Å². The molecule has 0 aliphatic rings. The predicted octanol–water partition coefficient (Wildman–Crippen LogP) is 3.05. The third-order valence-corrected chi connectivity index (χ3v) is 3.51. The fourth-order valence-electron chi connectivity index (χ4n) is 1.76. The number of thiocarbonyl (C=S) groups is 1. The average molecular weight is 346 g/mol. The van der Waals surface area contributed by atoms with Crippen LogP contribution in [-0.4, -0.2) is 11.0 Å². The number of rotatable bonds is 4. The summed E-state index contributed by atoms with van der Waals surface area (Å²) in [4.78, 5) is 11.7. The second-order valence-electron chi connectivity index (χ2n) is 4.64. The van der Waals surface area contributed by atoms with Crippen molar-refractivity contribution in [3.05, 3.63) is 76.8 Å². The van der Waals surface area contributed by atoms with E-state index < -0.39 is 0 Å². The Labute approximate surface area is 145 Å². The van der Waals surface area contributed by atoms with Crippen molar-refractivity contribution in [3.8, 4) is 0 Å². The van der Waals surface area contributed by atoms with Crippen molar-refractivity contribution in [2.75, 3.05) is 0 Å². The van der Waals surface area contributed by atoms with Gasteiger partial charge in [0.25, 0.3) is 5.91 Å². The maximum absolute atomic E-state index is 11.7. The van der Waals surface area contributed by atoms with E-state index in [2.05, 4.69) is 16.2 Å². The molecule has 0 aliphatic carbocycles. The molecule has 1 amide bonds. The van der Waals surface area contributed by atoms with E-state index in [-0.39, 0.29) is 5.91 Å². The Morgan fingerprint density at radius 3 is 2.48 bits per heavy atom. The fraction of sp³-hybridized carbons (Fsp3) is 0.0588. The standard InChI is InChI=1S/C17H16ClN3OS/c18-15-9-5-4-8-14(15)10-11-16(22)20-21-17(23)19-12-13-6-2-1-3-7-13/h1-11H,12H2,(H,20,22)(H2,19,21,23). The fourth-order valence-corrected chi connectivity index (χ4v) is 2.08. The van der Waals surface area contributed by atoms with E-state index >= 15 is 0 Å². The zero-order valence-electron chi connectivity index (χ0n) is 12.3. The average Bonchev–Trinajstić information content (AvgIpc) is 2.58. The van der Waals surface area contributed by atoms with Gasteiger partial charge in [-0.2, -0.15) is 0 Å². The minimum atomic E-state index is -0.325. The van der Waals surface area contributed by atoms with Gasteiger partial charge in [-0.05, 0) is 35.5 Å². The van der Waals surface area contributed by atoms with E-state index in [4.69, 9.17) is 23.8 Å². The first kappa shape index (κ1) is 17.0. The summed E-state index contributed by atoms with van der Waals surface area (Å²) in [6.07, 6.45) is 3.02. The molecule has 2 aromatic carbocycles. The van der Waals surface area contributed by atoms with Crippen molar-refractivity contribution in [1.82, 2.24) is 16.2 Å². The number of hydrazine groups is 1. The van der Waals surface area contributed by atoms with Crippen molar-refractivity contribution in [3.63, 3.8) is 0 Å². The van der Waals surface area contributed by atoms with Crippen LogP contribution < -0.4 is 16.2 Å². The maximum atomic E-state index is 11.7. The molecule has 118 valence electrons. The highest BCUT2D eigenvalue weighted by atomic mass is 35.5. The van der Waals surface area contributed by atoms with Crippen LogP contribution in [0.25, 0.3) is 6.08 Å². The molecule has 4 nitrogen and oxygen atoms in total. The normalized spacial score (nSPS) is 10.3. The zero-order valence-corrected chi connectivity index (χ0v) is 13.8. The minimum Gasteiger partial charge on any atom is -0.357 e. The second kappa shape index (κ2) is 8.92. The molecule has 0 saturated heterocycles. The molecule has 0 unspecified atom stereocenters. The maximum Gasteiger partial charge on any atom is 0.262 e. The van der Waals surface area contributed by atoms with E-state index in [1.54, 1.807) is 12.1 Å². The molecule has 0 aromatic heterocycles. The van der Waals surface area contributed by atoms with Crippen LogP contribution in [0.15, 0.2) is 60.7 Å². The Morgan fingerprint density at radius 2 is 1.74 bits per heavy atom. The Kier molecular flexibility index (Phi) is 6.59. The topological polar surface area (TPSA) is 53.2 Å². The molecule has 0 fully saturated rings. The van der Waals surface area contributed by atoms with Gasteiger partial charge in [-0.15, -0.1) is 0 Å². The number of carbonyl (C=O) groups is 1. The van der Waals surface area contributed by atoms with Crippen LogP contribution in [-0.2, 0) is 11.3 Å². The molecule has 3 N–H and O–H groups in total. The Bertz CT molecular complexity index is 704. The van der Waals surface area contributed by atoms with Crippen molar-refractivity contribution in [1.29, 1.82) is 0 Å². The molecule has 0 bridgehead atoms. The molecular formula is C17H16ClN3OS. The largest absolute Gasteiger partial charge is 0.357 e. The molecule has 6 heteroatoms. The first-order valence-electron chi connectivity index (χ1n) is 6.95. The highest BCUT2D eigenvalue weighted by Gasteiger charge is 1.99. The van der Waals surface area contributed by atoms with Crippen LogP contribution in [0.1, 0.15) is 11.1 Å². The number of halogens is 1. The van der Waals surface area contributed by atoms with Crippen LogP contribution in [0.5, 0.6) is 0 Å². The molecule has 0 radical (unpaired) electrons. The molecule has 0 spiro atoms. The Hall–Kier alpha value is -2.37. The third-order valence-electron chi connectivity index (χ3n) is 2.91. The summed E-state index contributed by atoms with van der Waals surface area (Å²) in [5.41, 5.74) is 7.00. The van der Waals surface area contributed by atoms with Crippen molar-refractivity contribution >= 4 is 40.9 Å². The lowest BCUT2D eigenvalue weighted by Crippen LogP contribution is -2.45. The second-order valence-corrected chi connectivity index (χ2v) is 5.45. The number of carbonyl (C=O) groups excluding carboxylic acids is 1. The van der Waals surface area contributed by atoms with Gasteiger partial charge in [0.2, 0.25) is 0 Å². The van der Waals surface area contributed by atoms with Crippen LogP contribution >= 0.6 is 23.8 Å². The molecule has 2 rings (SSSR count). The van der Waals surface area contributed by atoms with Gasteiger partial charge in [-0.3, -0.25) is 15.6 Å². The quantitative estimate of drug-likeness (QED) is 0.453. The van der Waals surface area contributed by atoms with Crippen molar-refractivity contribution in [2.45, 2.75) is 6.54 Å². The first-order chi connectivity index (χ1) is 11.1. The smallest absolute Gasteiger partial charge is 0.262 e. The summed E-state index contributed by atoms with van der Waals surface area (Å²) in [5.74, 6) is -0.325. The van der Waals surface area contributed by atoms with Gasteiger partial charge in [0, 0.05) is 17.6 Å². The number of hydrogen-bond donors (Lipinski definition) is 3. The Morgan fingerprint density at radius 1 is 1.04 bits per heavy atom. The summed E-state index contributed by atoms with van der Waals surface area (Å²) < 4.78 is 0. The van der Waals surface area contributed by atoms with Gasteiger partial charge in [-0.25, -0.2) is 0 Å². The van der Waals surface area contributed by atoms with Crippen LogP contribution in [0.2, 0.25) is 5.02 Å². The number of amides is 1. The van der Waals surface area contributed by atoms with Crippen molar-refractivity contribution < 1.29 is 4.79 Å². The zero-order chi connectivity index (χ0) is 16.5. The lowest BCUT2D eigenvalue weighted by atomic mass is 10.2. The lowest BCUT2D eigenvalue weighted by Gasteiger charge is -2.10. The molecular weight excluding hydrogens is 330 g/mol. The van der Waals surface area contributed by atoms with Crippen LogP contribution in [0.4, 0.5) is 0 Å². The monoisotopic (exact) mass is 345 g/mol. The van der Waals surface area contributed by atoms with Crippen molar-refractivity contribution in [2.24, 2.45) is 0 Å². The van der Waals surface area contributed by atoms with Gasteiger partial charge >= 0.3 is 0 Å². The summed E-state index contributed by atoms with van der Waals surface area (Å²) in [6.45, 7) is 0.581. The van der Waals surface area contributed by atoms with Gasteiger partial charge in [-0.1, -0.05) is 60.1 Å². The van der Waals surface area contributed by atoms with Gasteiger partial charge in [0.05, 0.1) is 0 Å². The van der Waals surface area contributed by atoms with E-state index in [1.165, 1.54) is 6.08 Å². The van der Waals surface area contributed by atoms with Crippen LogP contribution in [0.3, 0.4) is 0 Å². The first-order valence-corrected chi connectivity index (χ1v) is 7.74. The van der Waals surface area contributed by atoms with Crippen LogP contribution in [0, 0.1) is 0 Å². The minimum absolute atomic E-state index is 0.325. The SMILES string of the molecule is O=C(C=Cc1ccccc1Cl)NNC(=S)NCc1ccccc1. The van der Waals surface area contributed by atoms with Gasteiger partial charge in [0.15, 0.2) is 5.11 Å². The number of hydrogen-bond acceptors (Lipinski definition) is 2.